The topological polar surface area (TPSA) is 95.8 Å². The fourth-order valence-electron chi connectivity index (χ4n) is 2.52. The van der Waals surface area contributed by atoms with Crippen molar-refractivity contribution in [2.24, 2.45) is 0 Å². The van der Waals surface area contributed by atoms with Gasteiger partial charge in [0.15, 0.2) is 0 Å². The first kappa shape index (κ1) is 17.6. The highest BCUT2D eigenvalue weighted by Gasteiger charge is 2.29. The molecule has 24 heavy (non-hydrogen) atoms. The molecule has 1 fully saturated rings. The van der Waals surface area contributed by atoms with Gasteiger partial charge in [-0.1, -0.05) is 0 Å². The van der Waals surface area contributed by atoms with Gasteiger partial charge in [-0.3, -0.25) is 19.7 Å². The van der Waals surface area contributed by atoms with Crippen LogP contribution in [0.1, 0.15) is 13.8 Å². The Bertz CT molecular complexity index is 657. The van der Waals surface area contributed by atoms with Gasteiger partial charge in [-0.25, -0.2) is 4.39 Å². The summed E-state index contributed by atoms with van der Waals surface area (Å²) in [6, 6.07) is 3.13. The monoisotopic (exact) mass is 338 g/mol. The first-order valence-corrected chi connectivity index (χ1v) is 7.58. The fraction of sp³-hybridized carbons (Fsp3) is 0.467. The Kier molecular flexibility index (Phi) is 5.32. The van der Waals surface area contributed by atoms with Crippen molar-refractivity contribution in [2.75, 3.05) is 31.1 Å². The molecule has 1 aromatic rings. The van der Waals surface area contributed by atoms with E-state index >= 15 is 0 Å². The lowest BCUT2D eigenvalue weighted by molar-refractivity contribution is -0.384. The molecule has 8 nitrogen and oxygen atoms in total. The van der Waals surface area contributed by atoms with Crippen LogP contribution in [0.15, 0.2) is 18.2 Å². The van der Waals surface area contributed by atoms with Crippen LogP contribution in [-0.4, -0.2) is 53.9 Å². The lowest BCUT2D eigenvalue weighted by Crippen LogP contribution is -2.53. The number of amides is 2. The highest BCUT2D eigenvalue weighted by molar-refractivity contribution is 6.35. The number of benzene rings is 1. The molecule has 0 aliphatic carbocycles. The smallest absolute Gasteiger partial charge is 0.312 e. The molecule has 1 aliphatic rings. The van der Waals surface area contributed by atoms with Crippen LogP contribution in [0.5, 0.6) is 0 Å². The van der Waals surface area contributed by atoms with Crippen LogP contribution in [0.2, 0.25) is 0 Å². The molecule has 1 saturated heterocycles. The Morgan fingerprint density at radius 3 is 2.42 bits per heavy atom. The zero-order chi connectivity index (χ0) is 17.9. The molecule has 0 radical (unpaired) electrons. The quantitative estimate of drug-likeness (QED) is 0.502. The van der Waals surface area contributed by atoms with Crippen LogP contribution in [0.25, 0.3) is 0 Å². The molecule has 2 amide bonds. The summed E-state index contributed by atoms with van der Waals surface area (Å²) < 4.78 is 13.4. The molecule has 0 atom stereocenters. The summed E-state index contributed by atoms with van der Waals surface area (Å²) in [5.74, 6) is -1.86. The minimum Gasteiger partial charge on any atom is -0.362 e. The van der Waals surface area contributed by atoms with Crippen molar-refractivity contribution < 1.29 is 18.9 Å². The van der Waals surface area contributed by atoms with E-state index in [1.54, 1.807) is 18.7 Å². The van der Waals surface area contributed by atoms with E-state index in [0.29, 0.717) is 0 Å². The van der Waals surface area contributed by atoms with E-state index in [9.17, 15) is 24.1 Å². The standard InChI is InChI=1S/C15H19FN4O4/c1-10(2)17-14(21)15(22)19-7-5-18(6-8-19)13-9-11(16)3-4-12(13)20(23)24/h3-4,9-10H,5-8H2,1-2H3,(H,17,21). The predicted octanol–water partition coefficient (Wildman–Crippen LogP) is 0.907. The molecule has 130 valence electrons. The maximum absolute atomic E-state index is 13.4. The number of nitrogens with zero attached hydrogens (tertiary/aromatic N) is 3. The average Bonchev–Trinajstić information content (AvgIpc) is 2.53. The van der Waals surface area contributed by atoms with Gasteiger partial charge in [-0.05, 0) is 19.9 Å². The molecule has 0 bridgehead atoms. The van der Waals surface area contributed by atoms with Crippen molar-refractivity contribution in [3.8, 4) is 0 Å². The molecule has 0 spiro atoms. The predicted molar refractivity (Wildman–Crippen MR) is 85.1 cm³/mol. The number of nitro groups is 1. The summed E-state index contributed by atoms with van der Waals surface area (Å²) >= 11 is 0. The van der Waals surface area contributed by atoms with Crippen molar-refractivity contribution in [1.82, 2.24) is 10.2 Å². The first-order valence-electron chi connectivity index (χ1n) is 7.58. The van der Waals surface area contributed by atoms with Crippen molar-refractivity contribution in [3.05, 3.63) is 34.1 Å². The van der Waals surface area contributed by atoms with Crippen molar-refractivity contribution >= 4 is 23.2 Å². The van der Waals surface area contributed by atoms with Crippen LogP contribution in [0.4, 0.5) is 15.8 Å². The van der Waals surface area contributed by atoms with Gasteiger partial charge >= 0.3 is 11.8 Å². The highest BCUT2D eigenvalue weighted by atomic mass is 19.1. The molecule has 0 saturated carbocycles. The molecular weight excluding hydrogens is 319 g/mol. The number of halogens is 1. The average molecular weight is 338 g/mol. The second-order valence-electron chi connectivity index (χ2n) is 5.80. The lowest BCUT2D eigenvalue weighted by atomic mass is 10.2. The van der Waals surface area contributed by atoms with Gasteiger partial charge in [-0.2, -0.15) is 0 Å². The maximum Gasteiger partial charge on any atom is 0.312 e. The fourth-order valence-corrected chi connectivity index (χ4v) is 2.52. The molecule has 1 heterocycles. The van der Waals surface area contributed by atoms with Crippen LogP contribution in [0, 0.1) is 15.9 Å². The van der Waals surface area contributed by atoms with Gasteiger partial charge in [0, 0.05) is 44.4 Å². The minimum absolute atomic E-state index is 0.141. The van der Waals surface area contributed by atoms with E-state index < -0.39 is 22.6 Å². The molecular formula is C15H19FN4O4. The third-order valence-corrected chi connectivity index (χ3v) is 3.66. The lowest BCUT2D eigenvalue weighted by Gasteiger charge is -2.35. The van der Waals surface area contributed by atoms with Crippen molar-refractivity contribution in [1.29, 1.82) is 0 Å². The van der Waals surface area contributed by atoms with E-state index in [1.165, 1.54) is 4.90 Å². The summed E-state index contributed by atoms with van der Waals surface area (Å²) in [6.45, 7) is 4.55. The number of nitro benzene ring substituents is 1. The molecule has 2 rings (SSSR count). The number of hydrogen-bond acceptors (Lipinski definition) is 5. The van der Waals surface area contributed by atoms with Gasteiger partial charge in [0.05, 0.1) is 4.92 Å². The molecule has 1 aromatic carbocycles. The number of carbonyl (C=O) groups is 2. The summed E-state index contributed by atoms with van der Waals surface area (Å²) in [5.41, 5.74) is -0.00698. The molecule has 0 unspecified atom stereocenters. The Morgan fingerprint density at radius 2 is 1.88 bits per heavy atom. The third-order valence-electron chi connectivity index (χ3n) is 3.66. The number of nitrogens with one attached hydrogen (secondary N) is 1. The van der Waals surface area contributed by atoms with E-state index in [2.05, 4.69) is 5.32 Å². The highest BCUT2D eigenvalue weighted by Crippen LogP contribution is 2.29. The van der Waals surface area contributed by atoms with Crippen LogP contribution in [0.3, 0.4) is 0 Å². The van der Waals surface area contributed by atoms with E-state index in [-0.39, 0.29) is 43.6 Å². The second kappa shape index (κ2) is 7.24. The Balaban J connectivity index is 2.06. The molecule has 9 heteroatoms. The van der Waals surface area contributed by atoms with E-state index in [4.69, 9.17) is 0 Å². The maximum atomic E-state index is 13.4. The Hall–Kier alpha value is -2.71. The molecule has 1 N–H and O–H groups in total. The number of rotatable bonds is 3. The van der Waals surface area contributed by atoms with Gasteiger partial charge in [0.1, 0.15) is 11.5 Å². The van der Waals surface area contributed by atoms with Crippen molar-refractivity contribution in [3.63, 3.8) is 0 Å². The first-order chi connectivity index (χ1) is 11.3. The van der Waals surface area contributed by atoms with Gasteiger partial charge in [-0.15, -0.1) is 0 Å². The minimum atomic E-state index is -0.671. The Labute approximate surface area is 138 Å². The molecule has 1 aliphatic heterocycles. The summed E-state index contributed by atoms with van der Waals surface area (Å²) in [7, 11) is 0. The number of carbonyl (C=O) groups excluding carboxylic acids is 2. The summed E-state index contributed by atoms with van der Waals surface area (Å²) in [6.07, 6.45) is 0. The number of anilines is 1. The second-order valence-corrected chi connectivity index (χ2v) is 5.80. The normalized spacial score (nSPS) is 14.7. The number of hydrogen-bond donors (Lipinski definition) is 1. The van der Waals surface area contributed by atoms with Crippen LogP contribution >= 0.6 is 0 Å². The summed E-state index contributed by atoms with van der Waals surface area (Å²) in [5, 5.41) is 13.6. The van der Waals surface area contributed by atoms with E-state index in [1.807, 2.05) is 0 Å². The van der Waals surface area contributed by atoms with Crippen LogP contribution in [-0.2, 0) is 9.59 Å². The SMILES string of the molecule is CC(C)NC(=O)C(=O)N1CCN(c2cc(F)ccc2[N+](=O)[O-])CC1. The zero-order valence-electron chi connectivity index (χ0n) is 13.5. The Morgan fingerprint density at radius 1 is 1.25 bits per heavy atom. The van der Waals surface area contributed by atoms with Gasteiger partial charge < -0.3 is 15.1 Å². The van der Waals surface area contributed by atoms with Gasteiger partial charge in [0.2, 0.25) is 0 Å². The summed E-state index contributed by atoms with van der Waals surface area (Å²) in [4.78, 5) is 37.3. The largest absolute Gasteiger partial charge is 0.362 e. The van der Waals surface area contributed by atoms with E-state index in [0.717, 1.165) is 18.2 Å². The third kappa shape index (κ3) is 3.98. The number of piperazine rings is 1. The van der Waals surface area contributed by atoms with Crippen LogP contribution < -0.4 is 10.2 Å². The molecule has 0 aromatic heterocycles. The van der Waals surface area contributed by atoms with Gasteiger partial charge in [0.25, 0.3) is 5.69 Å². The zero-order valence-corrected chi connectivity index (χ0v) is 13.5. The van der Waals surface area contributed by atoms with Crippen molar-refractivity contribution in [2.45, 2.75) is 19.9 Å².